The van der Waals surface area contributed by atoms with E-state index in [1.54, 1.807) is 18.2 Å². The SMILES string of the molecule is Nc1nnc(SCC(=O)O)n1-c1ccc(Cl)cc1Cl. The van der Waals surface area contributed by atoms with Gasteiger partial charge in [-0.15, -0.1) is 10.2 Å². The number of rotatable bonds is 4. The molecule has 0 bridgehead atoms. The van der Waals surface area contributed by atoms with Gasteiger partial charge in [-0.2, -0.15) is 0 Å². The fourth-order valence-electron chi connectivity index (χ4n) is 1.39. The van der Waals surface area contributed by atoms with E-state index < -0.39 is 5.97 Å². The van der Waals surface area contributed by atoms with Gasteiger partial charge in [0, 0.05) is 5.02 Å². The number of hydrogen-bond donors (Lipinski definition) is 2. The van der Waals surface area contributed by atoms with Crippen LogP contribution in [0.4, 0.5) is 5.95 Å². The number of aromatic nitrogens is 3. The summed E-state index contributed by atoms with van der Waals surface area (Å²) >= 11 is 12.9. The van der Waals surface area contributed by atoms with Gasteiger partial charge in [0.2, 0.25) is 5.95 Å². The summed E-state index contributed by atoms with van der Waals surface area (Å²) < 4.78 is 1.48. The fourth-order valence-corrected chi connectivity index (χ4v) is 2.56. The lowest BCUT2D eigenvalue weighted by molar-refractivity contribution is -0.133. The predicted octanol–water partition coefficient (Wildman–Crippen LogP) is 2.33. The highest BCUT2D eigenvalue weighted by Gasteiger charge is 2.15. The summed E-state index contributed by atoms with van der Waals surface area (Å²) in [6, 6.07) is 4.87. The second-order valence-corrected chi connectivity index (χ2v) is 5.24. The van der Waals surface area contributed by atoms with Crippen molar-refractivity contribution in [3.8, 4) is 5.69 Å². The second-order valence-electron chi connectivity index (χ2n) is 3.45. The summed E-state index contributed by atoms with van der Waals surface area (Å²) in [7, 11) is 0. The Morgan fingerprint density at radius 3 is 2.79 bits per heavy atom. The third-order valence-corrected chi connectivity index (χ3v) is 3.59. The molecule has 1 aromatic heterocycles. The summed E-state index contributed by atoms with van der Waals surface area (Å²) in [4.78, 5) is 10.6. The molecular formula is C10H8Cl2N4O2S. The van der Waals surface area contributed by atoms with Gasteiger partial charge < -0.3 is 10.8 Å². The summed E-state index contributed by atoms with van der Waals surface area (Å²) in [5.74, 6) is -0.985. The van der Waals surface area contributed by atoms with Gasteiger partial charge in [-0.25, -0.2) is 0 Å². The minimum atomic E-state index is -0.958. The minimum absolute atomic E-state index is 0.122. The minimum Gasteiger partial charge on any atom is -0.481 e. The summed E-state index contributed by atoms with van der Waals surface area (Å²) in [6.45, 7) is 0. The quantitative estimate of drug-likeness (QED) is 0.840. The first kappa shape index (κ1) is 14.0. The van der Waals surface area contributed by atoms with Gasteiger partial charge in [0.1, 0.15) is 0 Å². The van der Waals surface area contributed by atoms with Crippen molar-refractivity contribution in [3.63, 3.8) is 0 Å². The largest absolute Gasteiger partial charge is 0.481 e. The van der Waals surface area contributed by atoms with E-state index in [-0.39, 0.29) is 11.7 Å². The summed E-state index contributed by atoms with van der Waals surface area (Å²) in [5, 5.41) is 17.4. The van der Waals surface area contributed by atoms with Crippen LogP contribution >= 0.6 is 35.0 Å². The molecule has 0 amide bonds. The van der Waals surface area contributed by atoms with E-state index in [0.717, 1.165) is 11.8 Å². The molecule has 0 saturated heterocycles. The summed E-state index contributed by atoms with van der Waals surface area (Å²) in [6.07, 6.45) is 0. The Morgan fingerprint density at radius 2 is 2.16 bits per heavy atom. The molecule has 6 nitrogen and oxygen atoms in total. The smallest absolute Gasteiger partial charge is 0.313 e. The van der Waals surface area contributed by atoms with Gasteiger partial charge in [-0.05, 0) is 18.2 Å². The van der Waals surface area contributed by atoms with Crippen LogP contribution in [0.3, 0.4) is 0 Å². The Hall–Kier alpha value is -1.44. The fraction of sp³-hybridized carbons (Fsp3) is 0.100. The number of aliphatic carboxylic acids is 1. The second kappa shape index (κ2) is 5.68. The number of carboxylic acid groups (broad SMARTS) is 1. The zero-order chi connectivity index (χ0) is 14.0. The number of halogens is 2. The molecule has 3 N–H and O–H groups in total. The molecule has 2 aromatic rings. The van der Waals surface area contributed by atoms with E-state index >= 15 is 0 Å². The zero-order valence-electron chi connectivity index (χ0n) is 9.38. The van der Waals surface area contributed by atoms with Gasteiger partial charge in [0.15, 0.2) is 5.16 Å². The molecule has 0 aliphatic rings. The van der Waals surface area contributed by atoms with Crippen LogP contribution < -0.4 is 5.73 Å². The van der Waals surface area contributed by atoms with Crippen molar-refractivity contribution in [2.75, 3.05) is 11.5 Å². The maximum Gasteiger partial charge on any atom is 0.313 e. The molecule has 0 unspecified atom stereocenters. The Bertz CT molecular complexity index is 632. The molecule has 19 heavy (non-hydrogen) atoms. The van der Waals surface area contributed by atoms with Gasteiger partial charge in [0.05, 0.1) is 16.5 Å². The van der Waals surface area contributed by atoms with Gasteiger partial charge in [0.25, 0.3) is 0 Å². The molecule has 0 aliphatic heterocycles. The number of thioether (sulfide) groups is 1. The van der Waals surface area contributed by atoms with E-state index in [1.165, 1.54) is 4.57 Å². The highest BCUT2D eigenvalue weighted by molar-refractivity contribution is 7.99. The van der Waals surface area contributed by atoms with Crippen LogP contribution in [0.5, 0.6) is 0 Å². The van der Waals surface area contributed by atoms with Crippen LogP contribution in [-0.2, 0) is 4.79 Å². The van der Waals surface area contributed by atoms with E-state index in [9.17, 15) is 4.79 Å². The number of hydrogen-bond acceptors (Lipinski definition) is 5. The Morgan fingerprint density at radius 1 is 1.42 bits per heavy atom. The van der Waals surface area contributed by atoms with Crippen molar-refractivity contribution < 1.29 is 9.90 Å². The number of anilines is 1. The first-order chi connectivity index (χ1) is 8.99. The van der Waals surface area contributed by atoms with Crippen molar-refractivity contribution in [1.29, 1.82) is 0 Å². The Labute approximate surface area is 122 Å². The van der Waals surface area contributed by atoms with Crippen molar-refractivity contribution in [3.05, 3.63) is 28.2 Å². The van der Waals surface area contributed by atoms with Crippen LogP contribution in [0, 0.1) is 0 Å². The highest BCUT2D eigenvalue weighted by atomic mass is 35.5. The lowest BCUT2D eigenvalue weighted by Gasteiger charge is -2.09. The molecule has 0 atom stereocenters. The average molecular weight is 319 g/mol. The van der Waals surface area contributed by atoms with E-state index in [0.29, 0.717) is 20.9 Å². The van der Waals surface area contributed by atoms with E-state index in [2.05, 4.69) is 10.2 Å². The first-order valence-corrected chi connectivity index (χ1v) is 6.74. The molecule has 0 fully saturated rings. The van der Waals surface area contributed by atoms with Crippen LogP contribution in [-0.4, -0.2) is 31.6 Å². The van der Waals surface area contributed by atoms with E-state index in [4.69, 9.17) is 34.0 Å². The predicted molar refractivity (Wildman–Crippen MR) is 74.2 cm³/mol. The third kappa shape index (κ3) is 3.12. The molecule has 0 spiro atoms. The summed E-state index contributed by atoms with van der Waals surface area (Å²) in [5.41, 5.74) is 6.27. The molecule has 100 valence electrons. The van der Waals surface area contributed by atoms with Crippen molar-refractivity contribution in [2.24, 2.45) is 0 Å². The highest BCUT2D eigenvalue weighted by Crippen LogP contribution is 2.29. The molecule has 0 radical (unpaired) electrons. The average Bonchev–Trinajstić information content (AvgIpc) is 2.68. The number of carboxylic acids is 1. The van der Waals surface area contributed by atoms with Crippen molar-refractivity contribution in [1.82, 2.24) is 14.8 Å². The number of nitrogen functional groups attached to an aromatic ring is 1. The van der Waals surface area contributed by atoms with Crippen molar-refractivity contribution in [2.45, 2.75) is 5.16 Å². The Balaban J connectivity index is 2.43. The lowest BCUT2D eigenvalue weighted by Crippen LogP contribution is -2.05. The van der Waals surface area contributed by atoms with Gasteiger partial charge >= 0.3 is 5.97 Å². The molecule has 1 heterocycles. The molecule has 9 heteroatoms. The van der Waals surface area contributed by atoms with Crippen molar-refractivity contribution >= 4 is 46.9 Å². The maximum absolute atomic E-state index is 10.6. The molecule has 2 rings (SSSR count). The van der Waals surface area contributed by atoms with Gasteiger partial charge in [-0.3, -0.25) is 9.36 Å². The number of carbonyl (C=O) groups is 1. The molecular weight excluding hydrogens is 311 g/mol. The number of benzene rings is 1. The van der Waals surface area contributed by atoms with Crippen LogP contribution in [0.15, 0.2) is 23.4 Å². The standard InChI is InChI=1S/C10H8Cl2N4O2S/c11-5-1-2-7(6(12)3-5)16-9(13)14-15-10(16)19-4-8(17)18/h1-3H,4H2,(H2,13,14)(H,17,18). The van der Waals surface area contributed by atoms with Crippen LogP contribution in [0.2, 0.25) is 10.0 Å². The maximum atomic E-state index is 10.6. The van der Waals surface area contributed by atoms with Crippen LogP contribution in [0.25, 0.3) is 5.69 Å². The first-order valence-electron chi connectivity index (χ1n) is 5.00. The monoisotopic (exact) mass is 318 g/mol. The molecule has 1 aromatic carbocycles. The third-order valence-electron chi connectivity index (χ3n) is 2.13. The topological polar surface area (TPSA) is 94.0 Å². The lowest BCUT2D eigenvalue weighted by atomic mass is 10.3. The molecule has 0 saturated carbocycles. The zero-order valence-corrected chi connectivity index (χ0v) is 11.7. The van der Waals surface area contributed by atoms with Gasteiger partial charge in [-0.1, -0.05) is 35.0 Å². The van der Waals surface area contributed by atoms with E-state index in [1.807, 2.05) is 0 Å². The normalized spacial score (nSPS) is 10.6. The number of nitrogens with two attached hydrogens (primary N) is 1. The Kier molecular flexibility index (Phi) is 4.18. The molecule has 0 aliphatic carbocycles. The van der Waals surface area contributed by atoms with Crippen LogP contribution in [0.1, 0.15) is 0 Å². The number of nitrogens with zero attached hydrogens (tertiary/aromatic N) is 3.